The maximum atomic E-state index is 13.2. The van der Waals surface area contributed by atoms with E-state index in [1.165, 1.54) is 18.2 Å². The summed E-state index contributed by atoms with van der Waals surface area (Å²) in [6.45, 7) is 3.87. The first-order valence-corrected chi connectivity index (χ1v) is 6.29. The third-order valence-electron chi connectivity index (χ3n) is 3.36. The molecule has 1 unspecified atom stereocenters. The summed E-state index contributed by atoms with van der Waals surface area (Å²) in [5, 5.41) is 9.23. The van der Waals surface area contributed by atoms with Crippen LogP contribution in [0.1, 0.15) is 33.0 Å². The molecule has 0 aliphatic carbocycles. The summed E-state index contributed by atoms with van der Waals surface area (Å²) in [6, 6.07) is 12.9. The molecule has 0 radical (unpaired) electrons. The first-order chi connectivity index (χ1) is 9.52. The van der Waals surface area contributed by atoms with Gasteiger partial charge in [-0.25, -0.2) is 4.39 Å². The second-order valence-corrected chi connectivity index (χ2v) is 4.78. The lowest BCUT2D eigenvalue weighted by atomic mass is 9.90. The lowest BCUT2D eigenvalue weighted by Crippen LogP contribution is -2.11. The van der Waals surface area contributed by atoms with E-state index in [0.29, 0.717) is 11.1 Å². The fourth-order valence-electron chi connectivity index (χ4n) is 2.03. The van der Waals surface area contributed by atoms with Gasteiger partial charge in [-0.1, -0.05) is 24.3 Å². The van der Waals surface area contributed by atoms with Crippen molar-refractivity contribution in [3.05, 3.63) is 70.5 Å². The molecule has 0 heterocycles. The minimum Gasteiger partial charge on any atom is -0.292 e. The number of nitrogens with zero attached hydrogens (tertiary/aromatic N) is 1. The number of aryl methyl sites for hydroxylation is 2. The van der Waals surface area contributed by atoms with Gasteiger partial charge in [-0.05, 0) is 48.7 Å². The monoisotopic (exact) mass is 267 g/mol. The van der Waals surface area contributed by atoms with Gasteiger partial charge in [0, 0.05) is 5.56 Å². The van der Waals surface area contributed by atoms with Crippen LogP contribution in [0.2, 0.25) is 0 Å². The number of hydrogen-bond acceptors (Lipinski definition) is 2. The zero-order chi connectivity index (χ0) is 14.7. The van der Waals surface area contributed by atoms with E-state index < -0.39 is 11.7 Å². The standard InChI is InChI=1S/C17H14FNO/c1-11-6-7-14(8-12(11)2)17(20)16(10-19)13-4-3-5-15(18)9-13/h3-9,16H,1-2H3. The second-order valence-electron chi connectivity index (χ2n) is 4.78. The molecule has 0 aliphatic heterocycles. The van der Waals surface area contributed by atoms with Gasteiger partial charge < -0.3 is 0 Å². The van der Waals surface area contributed by atoms with Crippen LogP contribution in [-0.2, 0) is 0 Å². The van der Waals surface area contributed by atoms with E-state index in [0.717, 1.165) is 11.1 Å². The van der Waals surface area contributed by atoms with E-state index in [4.69, 9.17) is 0 Å². The summed E-state index contributed by atoms with van der Waals surface area (Å²) in [4.78, 5) is 12.4. The number of rotatable bonds is 3. The van der Waals surface area contributed by atoms with Crippen molar-refractivity contribution < 1.29 is 9.18 Å². The molecular weight excluding hydrogens is 253 g/mol. The largest absolute Gasteiger partial charge is 0.292 e. The van der Waals surface area contributed by atoms with E-state index in [1.54, 1.807) is 18.2 Å². The van der Waals surface area contributed by atoms with Crippen molar-refractivity contribution in [3.8, 4) is 6.07 Å². The van der Waals surface area contributed by atoms with Crippen LogP contribution >= 0.6 is 0 Å². The topological polar surface area (TPSA) is 40.9 Å². The van der Waals surface area contributed by atoms with Crippen molar-refractivity contribution in [1.29, 1.82) is 5.26 Å². The normalized spacial score (nSPS) is 11.7. The molecule has 1 atom stereocenters. The summed E-state index contributed by atoms with van der Waals surface area (Å²) in [6.07, 6.45) is 0. The third kappa shape index (κ3) is 2.75. The Bertz CT molecular complexity index is 700. The van der Waals surface area contributed by atoms with Crippen LogP contribution in [0.5, 0.6) is 0 Å². The average molecular weight is 267 g/mol. The Morgan fingerprint density at radius 1 is 1.15 bits per heavy atom. The van der Waals surface area contributed by atoms with Gasteiger partial charge in [-0.3, -0.25) is 4.79 Å². The predicted octanol–water partition coefficient (Wildman–Crippen LogP) is 3.93. The first-order valence-electron chi connectivity index (χ1n) is 6.29. The number of halogens is 1. The minimum absolute atomic E-state index is 0.304. The number of hydrogen-bond donors (Lipinski definition) is 0. The van der Waals surface area contributed by atoms with Crippen LogP contribution in [-0.4, -0.2) is 5.78 Å². The molecule has 0 amide bonds. The Morgan fingerprint density at radius 2 is 1.90 bits per heavy atom. The lowest BCUT2D eigenvalue weighted by Gasteiger charge is -2.10. The Morgan fingerprint density at radius 3 is 2.50 bits per heavy atom. The molecule has 2 rings (SSSR count). The van der Waals surface area contributed by atoms with Gasteiger partial charge >= 0.3 is 0 Å². The Hall–Kier alpha value is -2.47. The van der Waals surface area contributed by atoms with Gasteiger partial charge in [0.15, 0.2) is 5.78 Å². The van der Waals surface area contributed by atoms with Crippen LogP contribution in [0.15, 0.2) is 42.5 Å². The molecule has 100 valence electrons. The smallest absolute Gasteiger partial charge is 0.184 e. The molecule has 2 aromatic rings. The molecule has 0 spiro atoms. The highest BCUT2D eigenvalue weighted by Gasteiger charge is 2.22. The van der Waals surface area contributed by atoms with Crippen LogP contribution in [0, 0.1) is 31.0 Å². The molecule has 0 aliphatic rings. The number of Topliss-reactive ketones (excluding diaryl/α,β-unsaturated/α-hetero) is 1. The van der Waals surface area contributed by atoms with Gasteiger partial charge in [0.25, 0.3) is 0 Å². The highest BCUT2D eigenvalue weighted by molar-refractivity contribution is 6.02. The molecule has 2 nitrogen and oxygen atoms in total. The molecule has 0 bridgehead atoms. The molecule has 0 aromatic heterocycles. The van der Waals surface area contributed by atoms with Crippen LogP contribution < -0.4 is 0 Å². The third-order valence-corrected chi connectivity index (χ3v) is 3.36. The molecule has 0 N–H and O–H groups in total. The van der Waals surface area contributed by atoms with Crippen molar-refractivity contribution in [2.45, 2.75) is 19.8 Å². The van der Waals surface area contributed by atoms with Gasteiger partial charge in [-0.15, -0.1) is 0 Å². The summed E-state index contributed by atoms with van der Waals surface area (Å²) >= 11 is 0. The second kappa shape index (κ2) is 5.66. The lowest BCUT2D eigenvalue weighted by molar-refractivity contribution is 0.0978. The number of carbonyl (C=O) groups excluding carboxylic acids is 1. The van der Waals surface area contributed by atoms with E-state index in [-0.39, 0.29) is 5.78 Å². The SMILES string of the molecule is Cc1ccc(C(=O)C(C#N)c2cccc(F)c2)cc1C. The summed E-state index contributed by atoms with van der Waals surface area (Å²) < 4.78 is 13.2. The van der Waals surface area contributed by atoms with E-state index in [1.807, 2.05) is 26.0 Å². The van der Waals surface area contributed by atoms with Crippen molar-refractivity contribution in [2.24, 2.45) is 0 Å². The Balaban J connectivity index is 2.39. The van der Waals surface area contributed by atoms with Crippen molar-refractivity contribution in [2.75, 3.05) is 0 Å². The van der Waals surface area contributed by atoms with E-state index >= 15 is 0 Å². The molecule has 20 heavy (non-hydrogen) atoms. The zero-order valence-electron chi connectivity index (χ0n) is 11.4. The maximum Gasteiger partial charge on any atom is 0.184 e. The van der Waals surface area contributed by atoms with Gasteiger partial charge in [0.1, 0.15) is 11.7 Å². The minimum atomic E-state index is -0.979. The highest BCUT2D eigenvalue weighted by Crippen LogP contribution is 2.22. The number of benzene rings is 2. The fraction of sp³-hybridized carbons (Fsp3) is 0.176. The molecule has 0 saturated carbocycles. The molecule has 0 fully saturated rings. The van der Waals surface area contributed by atoms with Gasteiger partial charge in [-0.2, -0.15) is 5.26 Å². The number of ketones is 1. The Kier molecular flexibility index (Phi) is 3.95. The zero-order valence-corrected chi connectivity index (χ0v) is 11.4. The maximum absolute atomic E-state index is 13.2. The molecule has 2 aromatic carbocycles. The van der Waals surface area contributed by atoms with Crippen LogP contribution in [0.4, 0.5) is 4.39 Å². The summed E-state index contributed by atoms with van der Waals surface area (Å²) in [5.74, 6) is -1.73. The van der Waals surface area contributed by atoms with Crippen LogP contribution in [0.25, 0.3) is 0 Å². The molecular formula is C17H14FNO. The van der Waals surface area contributed by atoms with Gasteiger partial charge in [0.2, 0.25) is 0 Å². The van der Waals surface area contributed by atoms with E-state index in [9.17, 15) is 14.4 Å². The summed E-state index contributed by atoms with van der Waals surface area (Å²) in [7, 11) is 0. The summed E-state index contributed by atoms with van der Waals surface area (Å²) in [5.41, 5.74) is 2.94. The Labute approximate surface area is 117 Å². The molecule has 0 saturated heterocycles. The van der Waals surface area contributed by atoms with Crippen molar-refractivity contribution in [3.63, 3.8) is 0 Å². The number of nitriles is 1. The molecule has 3 heteroatoms. The predicted molar refractivity (Wildman–Crippen MR) is 75.0 cm³/mol. The highest BCUT2D eigenvalue weighted by atomic mass is 19.1. The number of carbonyl (C=O) groups is 1. The van der Waals surface area contributed by atoms with E-state index in [2.05, 4.69) is 0 Å². The van der Waals surface area contributed by atoms with Crippen molar-refractivity contribution >= 4 is 5.78 Å². The van der Waals surface area contributed by atoms with Crippen LogP contribution in [0.3, 0.4) is 0 Å². The van der Waals surface area contributed by atoms with Gasteiger partial charge in [0.05, 0.1) is 6.07 Å². The first kappa shape index (κ1) is 14.0. The van der Waals surface area contributed by atoms with Crippen molar-refractivity contribution in [1.82, 2.24) is 0 Å². The quantitative estimate of drug-likeness (QED) is 0.790. The average Bonchev–Trinajstić information content (AvgIpc) is 2.42. The fourth-order valence-corrected chi connectivity index (χ4v) is 2.03.